The van der Waals surface area contributed by atoms with E-state index in [0.717, 1.165) is 0 Å². The van der Waals surface area contributed by atoms with E-state index in [2.05, 4.69) is 10.1 Å². The molecule has 134 valence electrons. The molecule has 9 heteroatoms. The van der Waals surface area contributed by atoms with Crippen LogP contribution in [0.4, 0.5) is 11.4 Å². The topological polar surface area (TPSA) is 125 Å². The van der Waals surface area contributed by atoms with Gasteiger partial charge in [-0.25, -0.2) is 9.59 Å². The van der Waals surface area contributed by atoms with Crippen molar-refractivity contribution in [3.05, 3.63) is 69.8 Å². The van der Waals surface area contributed by atoms with Crippen molar-refractivity contribution in [2.45, 2.75) is 0 Å². The number of benzene rings is 2. The lowest BCUT2D eigenvalue weighted by atomic mass is 10.2. The number of rotatable bonds is 6. The minimum Gasteiger partial charge on any atom is -0.465 e. The molecule has 2 aromatic rings. The lowest BCUT2D eigenvalue weighted by Gasteiger charge is -2.07. The van der Waals surface area contributed by atoms with E-state index in [1.54, 1.807) is 0 Å². The number of carbonyl (C=O) groups is 3. The summed E-state index contributed by atoms with van der Waals surface area (Å²) >= 11 is 0. The molecular weight excluding hydrogens is 344 g/mol. The SMILES string of the molecule is COC(=O)c1ccc(NC(=O)COC(=O)c2ccccc2[N+](=O)[O-])cc1. The summed E-state index contributed by atoms with van der Waals surface area (Å²) in [5.41, 5.74) is 0.0433. The molecule has 0 spiro atoms. The zero-order valence-corrected chi connectivity index (χ0v) is 13.6. The molecule has 0 heterocycles. The van der Waals surface area contributed by atoms with E-state index in [1.165, 1.54) is 55.6 Å². The van der Waals surface area contributed by atoms with Crippen LogP contribution in [0.15, 0.2) is 48.5 Å². The van der Waals surface area contributed by atoms with Crippen LogP contribution in [-0.4, -0.2) is 36.5 Å². The molecule has 0 aromatic heterocycles. The van der Waals surface area contributed by atoms with Crippen LogP contribution in [-0.2, 0) is 14.3 Å². The predicted molar refractivity (Wildman–Crippen MR) is 89.8 cm³/mol. The van der Waals surface area contributed by atoms with Crippen molar-refractivity contribution in [1.29, 1.82) is 0 Å². The number of anilines is 1. The molecule has 0 aliphatic rings. The van der Waals surface area contributed by atoms with Crippen LogP contribution in [0.3, 0.4) is 0 Å². The average Bonchev–Trinajstić information content (AvgIpc) is 2.66. The molecule has 0 aliphatic heterocycles. The molecule has 0 aliphatic carbocycles. The highest BCUT2D eigenvalue weighted by atomic mass is 16.6. The van der Waals surface area contributed by atoms with Gasteiger partial charge in [0.05, 0.1) is 17.6 Å². The van der Waals surface area contributed by atoms with Crippen molar-refractivity contribution in [1.82, 2.24) is 0 Å². The van der Waals surface area contributed by atoms with E-state index in [1.807, 2.05) is 0 Å². The van der Waals surface area contributed by atoms with Gasteiger partial charge in [0.25, 0.3) is 11.6 Å². The summed E-state index contributed by atoms with van der Waals surface area (Å²) in [6, 6.07) is 11.2. The Morgan fingerprint density at radius 2 is 1.69 bits per heavy atom. The summed E-state index contributed by atoms with van der Waals surface area (Å²) in [4.78, 5) is 45.2. The molecule has 0 saturated heterocycles. The Balaban J connectivity index is 1.94. The van der Waals surface area contributed by atoms with Crippen LogP contribution in [0.25, 0.3) is 0 Å². The molecule has 0 fully saturated rings. The number of amides is 1. The van der Waals surface area contributed by atoms with Crippen LogP contribution in [0, 0.1) is 10.1 Å². The molecule has 0 saturated carbocycles. The van der Waals surface area contributed by atoms with Crippen molar-refractivity contribution in [2.24, 2.45) is 0 Å². The van der Waals surface area contributed by atoms with Gasteiger partial charge >= 0.3 is 11.9 Å². The highest BCUT2D eigenvalue weighted by Crippen LogP contribution is 2.18. The summed E-state index contributed by atoms with van der Waals surface area (Å²) in [5.74, 6) is -2.13. The molecule has 0 unspecified atom stereocenters. The number of para-hydroxylation sites is 1. The van der Waals surface area contributed by atoms with Crippen molar-refractivity contribution in [3.63, 3.8) is 0 Å². The van der Waals surface area contributed by atoms with Gasteiger partial charge in [-0.05, 0) is 30.3 Å². The first-order chi connectivity index (χ1) is 12.4. The molecule has 0 atom stereocenters. The number of nitro groups is 1. The van der Waals surface area contributed by atoms with Crippen molar-refractivity contribution < 1.29 is 28.8 Å². The average molecular weight is 358 g/mol. The molecule has 0 bridgehead atoms. The number of nitrogens with one attached hydrogen (secondary N) is 1. The zero-order chi connectivity index (χ0) is 19.1. The fraction of sp³-hybridized carbons (Fsp3) is 0.118. The van der Waals surface area contributed by atoms with E-state index in [-0.39, 0.29) is 5.56 Å². The highest BCUT2D eigenvalue weighted by Gasteiger charge is 2.21. The monoisotopic (exact) mass is 358 g/mol. The van der Waals surface area contributed by atoms with Gasteiger partial charge in [0.15, 0.2) is 6.61 Å². The third kappa shape index (κ3) is 4.63. The number of nitro benzene ring substituents is 1. The van der Waals surface area contributed by atoms with Gasteiger partial charge in [-0.2, -0.15) is 0 Å². The van der Waals surface area contributed by atoms with Crippen LogP contribution < -0.4 is 5.32 Å². The van der Waals surface area contributed by atoms with E-state index in [0.29, 0.717) is 11.3 Å². The minimum absolute atomic E-state index is 0.243. The highest BCUT2D eigenvalue weighted by molar-refractivity contribution is 5.97. The third-order valence-corrected chi connectivity index (χ3v) is 3.24. The standard InChI is InChI=1S/C17H14N2O7/c1-25-16(21)11-6-8-12(9-7-11)18-15(20)10-26-17(22)13-4-2-3-5-14(13)19(23)24/h2-9H,10H2,1H3,(H,18,20). The quantitative estimate of drug-likeness (QED) is 0.476. The predicted octanol–water partition coefficient (Wildman–Crippen LogP) is 2.18. The number of carbonyl (C=O) groups excluding carboxylic acids is 3. The van der Waals surface area contributed by atoms with Gasteiger partial charge in [0.2, 0.25) is 0 Å². The van der Waals surface area contributed by atoms with Gasteiger partial charge < -0.3 is 14.8 Å². The van der Waals surface area contributed by atoms with E-state index < -0.39 is 35.1 Å². The second kappa shape index (κ2) is 8.38. The first kappa shape index (κ1) is 18.6. The number of ether oxygens (including phenoxy) is 2. The summed E-state index contributed by atoms with van der Waals surface area (Å²) < 4.78 is 9.36. The minimum atomic E-state index is -0.978. The van der Waals surface area contributed by atoms with E-state index in [9.17, 15) is 24.5 Å². The van der Waals surface area contributed by atoms with E-state index in [4.69, 9.17) is 4.74 Å². The van der Waals surface area contributed by atoms with Crippen molar-refractivity contribution >= 4 is 29.2 Å². The maximum Gasteiger partial charge on any atom is 0.345 e. The number of esters is 2. The number of methoxy groups -OCH3 is 1. The Bertz CT molecular complexity index is 846. The molecular formula is C17H14N2O7. The first-order valence-corrected chi connectivity index (χ1v) is 7.31. The second-order valence-electron chi connectivity index (χ2n) is 4.97. The normalized spacial score (nSPS) is 9.88. The van der Waals surface area contributed by atoms with Gasteiger partial charge in [-0.15, -0.1) is 0 Å². The lowest BCUT2D eigenvalue weighted by molar-refractivity contribution is -0.385. The second-order valence-corrected chi connectivity index (χ2v) is 4.97. The van der Waals surface area contributed by atoms with Crippen molar-refractivity contribution in [3.8, 4) is 0 Å². The largest absolute Gasteiger partial charge is 0.465 e. The number of nitrogens with zero attached hydrogens (tertiary/aromatic N) is 1. The van der Waals surface area contributed by atoms with Gasteiger partial charge in [0.1, 0.15) is 5.56 Å². The summed E-state index contributed by atoms with van der Waals surface area (Å²) in [5, 5.41) is 13.4. The fourth-order valence-corrected chi connectivity index (χ4v) is 2.02. The van der Waals surface area contributed by atoms with E-state index >= 15 is 0 Å². The summed E-state index contributed by atoms with van der Waals surface area (Å²) in [6.07, 6.45) is 0. The fourth-order valence-electron chi connectivity index (χ4n) is 2.02. The van der Waals surface area contributed by atoms with Crippen LogP contribution in [0.1, 0.15) is 20.7 Å². The number of hydrogen-bond donors (Lipinski definition) is 1. The summed E-state index contributed by atoms with van der Waals surface area (Å²) in [7, 11) is 1.25. The molecule has 26 heavy (non-hydrogen) atoms. The first-order valence-electron chi connectivity index (χ1n) is 7.31. The summed E-state index contributed by atoms with van der Waals surface area (Å²) in [6.45, 7) is -0.621. The molecule has 1 N–H and O–H groups in total. The smallest absolute Gasteiger partial charge is 0.345 e. The molecule has 0 radical (unpaired) electrons. The Morgan fingerprint density at radius 3 is 2.31 bits per heavy atom. The Kier molecular flexibility index (Phi) is 5.99. The lowest BCUT2D eigenvalue weighted by Crippen LogP contribution is -2.21. The zero-order valence-electron chi connectivity index (χ0n) is 13.6. The third-order valence-electron chi connectivity index (χ3n) is 3.24. The Labute approximate surface area is 147 Å². The van der Waals surface area contributed by atoms with Crippen LogP contribution >= 0.6 is 0 Å². The Morgan fingerprint density at radius 1 is 1.04 bits per heavy atom. The molecule has 2 rings (SSSR count). The number of hydrogen-bond acceptors (Lipinski definition) is 7. The van der Waals surface area contributed by atoms with Crippen LogP contribution in [0.5, 0.6) is 0 Å². The molecule has 2 aromatic carbocycles. The van der Waals surface area contributed by atoms with Crippen molar-refractivity contribution in [2.75, 3.05) is 19.0 Å². The van der Waals surface area contributed by atoms with Crippen LogP contribution in [0.2, 0.25) is 0 Å². The van der Waals surface area contributed by atoms with Gasteiger partial charge in [-0.3, -0.25) is 14.9 Å². The maximum absolute atomic E-state index is 11.9. The molecule has 9 nitrogen and oxygen atoms in total. The molecule has 1 amide bonds. The van der Waals surface area contributed by atoms with Gasteiger partial charge in [-0.1, -0.05) is 12.1 Å². The maximum atomic E-state index is 11.9. The van der Waals surface area contributed by atoms with Gasteiger partial charge in [0, 0.05) is 11.8 Å². The Hall–Kier alpha value is -3.75.